The van der Waals surface area contributed by atoms with Crippen molar-refractivity contribution in [3.63, 3.8) is 0 Å². The summed E-state index contributed by atoms with van der Waals surface area (Å²) in [4.78, 5) is 7.32. The van der Waals surface area contributed by atoms with Gasteiger partial charge in [-0.15, -0.1) is 0 Å². The molecule has 0 saturated heterocycles. The van der Waals surface area contributed by atoms with Crippen LogP contribution in [0, 0.1) is 0 Å². The largest absolute Gasteiger partial charge is 0.416 e. The first kappa shape index (κ1) is 10.6. The zero-order valence-electron chi connectivity index (χ0n) is 8.12. The number of hydrogen-bond donors (Lipinski definition) is 0. The molecule has 0 unspecified atom stereocenters. The Bertz CT molecular complexity index is 494. The molecule has 16 heavy (non-hydrogen) atoms. The Kier molecular flexibility index (Phi) is 2.62. The fourth-order valence-electron chi connectivity index (χ4n) is 1.47. The van der Waals surface area contributed by atoms with Crippen LogP contribution in [0.1, 0.15) is 11.1 Å². The Morgan fingerprint density at radius 1 is 1.19 bits per heavy atom. The summed E-state index contributed by atoms with van der Waals surface area (Å²) in [5, 5.41) is 0. The van der Waals surface area contributed by atoms with Gasteiger partial charge in [0.25, 0.3) is 0 Å². The monoisotopic (exact) mass is 224 g/mol. The summed E-state index contributed by atoms with van der Waals surface area (Å²) in [5.41, 5.74) is -0.0794. The van der Waals surface area contributed by atoms with Crippen LogP contribution in [-0.2, 0) is 6.18 Å². The Morgan fingerprint density at radius 2 is 1.94 bits per heavy atom. The molecular formula is C11H7F3N2. The highest BCUT2D eigenvalue weighted by Crippen LogP contribution is 2.35. The van der Waals surface area contributed by atoms with Crippen LogP contribution in [0.3, 0.4) is 0 Å². The molecule has 1 aliphatic rings. The highest BCUT2D eigenvalue weighted by atomic mass is 19.4. The molecule has 0 aromatic heterocycles. The lowest BCUT2D eigenvalue weighted by molar-refractivity contribution is -0.137. The first-order valence-corrected chi connectivity index (χ1v) is 4.56. The Labute approximate surface area is 89.8 Å². The Hall–Kier alpha value is -1.87. The average molecular weight is 224 g/mol. The molecule has 0 bridgehead atoms. The summed E-state index contributed by atoms with van der Waals surface area (Å²) in [6.07, 6.45) is -3.00. The van der Waals surface area contributed by atoms with E-state index in [9.17, 15) is 13.2 Å². The highest BCUT2D eigenvalue weighted by Gasteiger charge is 2.33. The van der Waals surface area contributed by atoms with Gasteiger partial charge < -0.3 is 0 Å². The second-order valence-electron chi connectivity index (χ2n) is 3.24. The summed E-state index contributed by atoms with van der Waals surface area (Å²) in [6.45, 7) is 0.177. The predicted octanol–water partition coefficient (Wildman–Crippen LogP) is 3.23. The van der Waals surface area contributed by atoms with Crippen molar-refractivity contribution < 1.29 is 13.2 Å². The van der Waals surface area contributed by atoms with Crippen molar-refractivity contribution in [3.8, 4) is 0 Å². The number of halogens is 3. The van der Waals surface area contributed by atoms with Crippen LogP contribution in [0.2, 0.25) is 0 Å². The van der Waals surface area contributed by atoms with E-state index < -0.39 is 11.7 Å². The van der Waals surface area contributed by atoms with Gasteiger partial charge in [-0.3, -0.25) is 0 Å². The van der Waals surface area contributed by atoms with Crippen molar-refractivity contribution in [2.24, 2.45) is 9.98 Å². The number of hydrogen-bond acceptors (Lipinski definition) is 2. The van der Waals surface area contributed by atoms with E-state index in [1.807, 2.05) is 0 Å². The van der Waals surface area contributed by atoms with Crippen molar-refractivity contribution >= 4 is 11.6 Å². The standard InChI is InChI=1S/C11H7F3N2/c12-11(13,14)10-4-2-1-3-9(10)8-5-15-7-16-6-8/h1-5H,6H2. The number of rotatable bonds is 1. The van der Waals surface area contributed by atoms with Gasteiger partial charge in [0.15, 0.2) is 0 Å². The lowest BCUT2D eigenvalue weighted by atomic mass is 10.00. The zero-order chi connectivity index (χ0) is 11.6. The molecule has 1 aromatic carbocycles. The quantitative estimate of drug-likeness (QED) is 0.699. The van der Waals surface area contributed by atoms with Gasteiger partial charge in [0.2, 0.25) is 0 Å². The second-order valence-corrected chi connectivity index (χ2v) is 3.24. The lowest BCUT2D eigenvalue weighted by Crippen LogP contribution is -2.09. The lowest BCUT2D eigenvalue weighted by Gasteiger charge is -2.13. The molecule has 0 fully saturated rings. The fourth-order valence-corrected chi connectivity index (χ4v) is 1.47. The van der Waals surface area contributed by atoms with Crippen LogP contribution < -0.4 is 0 Å². The fraction of sp³-hybridized carbons (Fsp3) is 0.182. The molecule has 0 N–H and O–H groups in total. The first-order chi connectivity index (χ1) is 7.59. The third-order valence-corrected chi connectivity index (χ3v) is 2.18. The molecule has 1 heterocycles. The van der Waals surface area contributed by atoms with Gasteiger partial charge in [0, 0.05) is 11.8 Å². The molecule has 0 spiro atoms. The van der Waals surface area contributed by atoms with Crippen molar-refractivity contribution in [1.29, 1.82) is 0 Å². The molecule has 0 radical (unpaired) electrons. The predicted molar refractivity (Wildman–Crippen MR) is 54.2 cm³/mol. The number of aliphatic imine (C=N–C) groups is 2. The molecule has 82 valence electrons. The van der Waals surface area contributed by atoms with E-state index in [1.54, 1.807) is 6.07 Å². The Morgan fingerprint density at radius 3 is 2.56 bits per heavy atom. The highest BCUT2D eigenvalue weighted by molar-refractivity contribution is 5.73. The molecule has 2 rings (SSSR count). The van der Waals surface area contributed by atoms with Crippen LogP contribution in [-0.4, -0.2) is 12.6 Å². The maximum absolute atomic E-state index is 12.7. The molecule has 1 aromatic rings. The average Bonchev–Trinajstić information content (AvgIpc) is 2.29. The molecular weight excluding hydrogens is 217 g/mol. The molecule has 5 heteroatoms. The smallest absolute Gasteiger partial charge is 0.220 e. The molecule has 0 amide bonds. The van der Waals surface area contributed by atoms with Crippen LogP contribution in [0.15, 0.2) is 40.5 Å². The van der Waals surface area contributed by atoms with Crippen molar-refractivity contribution in [2.75, 3.05) is 6.54 Å². The molecule has 1 aliphatic heterocycles. The van der Waals surface area contributed by atoms with E-state index in [-0.39, 0.29) is 12.1 Å². The normalized spacial score (nSPS) is 15.1. The van der Waals surface area contributed by atoms with Crippen molar-refractivity contribution in [1.82, 2.24) is 0 Å². The minimum atomic E-state index is -4.36. The van der Waals surface area contributed by atoms with E-state index in [4.69, 9.17) is 0 Å². The first-order valence-electron chi connectivity index (χ1n) is 4.56. The van der Waals surface area contributed by atoms with Gasteiger partial charge >= 0.3 is 6.18 Å². The van der Waals surface area contributed by atoms with Crippen molar-refractivity contribution in [3.05, 3.63) is 41.6 Å². The SMILES string of the molecule is FC(F)(F)c1ccccc1C1=CN=C=NC1. The summed E-state index contributed by atoms with van der Waals surface area (Å²) in [5.74, 6) is 0. The minimum absolute atomic E-state index is 0.129. The van der Waals surface area contributed by atoms with Gasteiger partial charge in [-0.25, -0.2) is 4.99 Å². The third kappa shape index (κ3) is 2.04. The van der Waals surface area contributed by atoms with Crippen LogP contribution in [0.4, 0.5) is 13.2 Å². The van der Waals surface area contributed by atoms with Crippen molar-refractivity contribution in [2.45, 2.75) is 6.18 Å². The van der Waals surface area contributed by atoms with Gasteiger partial charge in [-0.1, -0.05) is 18.2 Å². The van der Waals surface area contributed by atoms with E-state index in [0.29, 0.717) is 5.57 Å². The van der Waals surface area contributed by atoms with E-state index >= 15 is 0 Å². The molecule has 2 nitrogen and oxygen atoms in total. The minimum Gasteiger partial charge on any atom is -0.220 e. The topological polar surface area (TPSA) is 24.7 Å². The van der Waals surface area contributed by atoms with Gasteiger partial charge in [0.05, 0.1) is 18.1 Å². The molecule has 0 atom stereocenters. The summed E-state index contributed by atoms with van der Waals surface area (Å²) in [6, 6.07) is 7.74. The van der Waals surface area contributed by atoms with Crippen LogP contribution in [0.5, 0.6) is 0 Å². The maximum atomic E-state index is 12.7. The van der Waals surface area contributed by atoms with Gasteiger partial charge in [-0.2, -0.15) is 18.2 Å². The van der Waals surface area contributed by atoms with E-state index in [1.165, 1.54) is 18.3 Å². The summed E-state index contributed by atoms with van der Waals surface area (Å²) in [7, 11) is 0. The van der Waals surface area contributed by atoms with Gasteiger partial charge in [0.1, 0.15) is 0 Å². The molecule has 0 aliphatic carbocycles. The number of nitrogens with zero attached hydrogens (tertiary/aromatic N) is 2. The third-order valence-electron chi connectivity index (χ3n) is 2.18. The van der Waals surface area contributed by atoms with Crippen LogP contribution >= 0.6 is 0 Å². The van der Waals surface area contributed by atoms with E-state index in [2.05, 4.69) is 16.0 Å². The number of alkyl halides is 3. The number of benzene rings is 1. The Balaban J connectivity index is 2.49. The summed E-state index contributed by atoms with van der Waals surface area (Å²) >= 11 is 0. The molecule has 0 saturated carbocycles. The van der Waals surface area contributed by atoms with E-state index in [0.717, 1.165) is 6.07 Å². The van der Waals surface area contributed by atoms with Gasteiger partial charge in [-0.05, 0) is 11.6 Å². The summed E-state index contributed by atoms with van der Waals surface area (Å²) < 4.78 is 38.1. The van der Waals surface area contributed by atoms with Crippen LogP contribution in [0.25, 0.3) is 5.57 Å². The zero-order valence-corrected chi connectivity index (χ0v) is 8.12. The maximum Gasteiger partial charge on any atom is 0.416 e. The second kappa shape index (κ2) is 3.94.